The molecule has 1 heterocycles. The van der Waals surface area contributed by atoms with Crippen molar-refractivity contribution in [1.29, 1.82) is 0 Å². The summed E-state index contributed by atoms with van der Waals surface area (Å²) >= 11 is 0. The molecule has 0 bridgehead atoms. The molecule has 0 radical (unpaired) electrons. The number of rotatable bonds is 5. The highest BCUT2D eigenvalue weighted by atomic mass is 16.6. The Labute approximate surface area is 162 Å². The normalized spacial score (nSPS) is 18.1. The van der Waals surface area contributed by atoms with Crippen molar-refractivity contribution in [3.8, 4) is 23.7 Å². The molecule has 6 nitrogen and oxygen atoms in total. The number of carbonyl (C=O) groups is 3. The molecule has 0 N–H and O–H groups in total. The van der Waals surface area contributed by atoms with Crippen LogP contribution in [0.5, 0.6) is 0 Å². The first-order chi connectivity index (χ1) is 12.6. The fraction of sp³-hybridized carbons (Fsp3) is 0.667. The number of esters is 1. The number of carbonyl (C=O) groups excluding carboxylic acids is 3. The van der Waals surface area contributed by atoms with Crippen molar-refractivity contribution in [2.75, 3.05) is 7.11 Å². The van der Waals surface area contributed by atoms with E-state index in [0.717, 1.165) is 4.90 Å². The summed E-state index contributed by atoms with van der Waals surface area (Å²) in [6.07, 6.45) is 1.26. The van der Waals surface area contributed by atoms with Gasteiger partial charge in [0.15, 0.2) is 0 Å². The van der Waals surface area contributed by atoms with Crippen molar-refractivity contribution < 1.29 is 23.9 Å². The summed E-state index contributed by atoms with van der Waals surface area (Å²) in [6, 6.07) is -0.999. The molecule has 1 fully saturated rings. The molecule has 2 amide bonds. The lowest BCUT2D eigenvalue weighted by Gasteiger charge is -2.28. The first-order valence-corrected chi connectivity index (χ1v) is 9.05. The third-order valence-electron chi connectivity index (χ3n) is 4.44. The molecular weight excluding hydrogens is 346 g/mol. The number of nitrogens with zero attached hydrogens (tertiary/aromatic N) is 1. The van der Waals surface area contributed by atoms with Gasteiger partial charge < -0.3 is 9.47 Å². The topological polar surface area (TPSA) is 72.9 Å². The summed E-state index contributed by atoms with van der Waals surface area (Å²) < 4.78 is 10.2. The molecule has 1 rings (SSSR count). The molecule has 148 valence electrons. The third kappa shape index (κ3) is 5.76. The summed E-state index contributed by atoms with van der Waals surface area (Å²) in [5.41, 5.74) is -1.67. The second-order valence-corrected chi connectivity index (χ2v) is 7.53. The van der Waals surface area contributed by atoms with Crippen LogP contribution in [0.15, 0.2) is 0 Å². The zero-order valence-corrected chi connectivity index (χ0v) is 17.1. The van der Waals surface area contributed by atoms with Crippen LogP contribution < -0.4 is 0 Å². The van der Waals surface area contributed by atoms with Crippen LogP contribution in [0, 0.1) is 29.1 Å². The lowest BCUT2D eigenvalue weighted by atomic mass is 9.76. The van der Waals surface area contributed by atoms with E-state index in [9.17, 15) is 14.4 Å². The van der Waals surface area contributed by atoms with Gasteiger partial charge in [0, 0.05) is 12.8 Å². The van der Waals surface area contributed by atoms with E-state index in [0.29, 0.717) is 25.7 Å². The Morgan fingerprint density at radius 3 is 2.07 bits per heavy atom. The second-order valence-electron chi connectivity index (χ2n) is 7.53. The van der Waals surface area contributed by atoms with Gasteiger partial charge in [-0.15, -0.1) is 23.7 Å². The number of hydrogen-bond acceptors (Lipinski definition) is 5. The number of hydrogen-bond donors (Lipinski definition) is 0. The van der Waals surface area contributed by atoms with Gasteiger partial charge in [-0.05, 0) is 53.9 Å². The fourth-order valence-electron chi connectivity index (χ4n) is 3.19. The average Bonchev–Trinajstić information content (AvgIpc) is 2.86. The van der Waals surface area contributed by atoms with Crippen molar-refractivity contribution in [2.45, 2.75) is 78.4 Å². The van der Waals surface area contributed by atoms with E-state index in [-0.39, 0.29) is 6.42 Å². The van der Waals surface area contributed by atoms with Crippen LogP contribution in [-0.4, -0.2) is 41.6 Å². The van der Waals surface area contributed by atoms with E-state index < -0.39 is 35.0 Å². The predicted molar refractivity (Wildman–Crippen MR) is 101 cm³/mol. The highest BCUT2D eigenvalue weighted by Gasteiger charge is 2.56. The van der Waals surface area contributed by atoms with Crippen molar-refractivity contribution in [2.24, 2.45) is 5.41 Å². The van der Waals surface area contributed by atoms with E-state index in [4.69, 9.17) is 9.47 Å². The zero-order valence-electron chi connectivity index (χ0n) is 17.1. The van der Waals surface area contributed by atoms with Gasteiger partial charge in [-0.1, -0.05) is 0 Å². The maximum atomic E-state index is 13.3. The summed E-state index contributed by atoms with van der Waals surface area (Å²) in [5, 5.41) is 0. The Kier molecular flexibility index (Phi) is 7.91. The second kappa shape index (κ2) is 9.46. The monoisotopic (exact) mass is 375 g/mol. The van der Waals surface area contributed by atoms with Crippen LogP contribution in [0.4, 0.5) is 4.79 Å². The number of amides is 2. The van der Waals surface area contributed by atoms with E-state index in [1.54, 1.807) is 34.6 Å². The highest BCUT2D eigenvalue weighted by molar-refractivity contribution is 6.02. The van der Waals surface area contributed by atoms with Crippen LogP contribution in [0.1, 0.15) is 66.7 Å². The van der Waals surface area contributed by atoms with Gasteiger partial charge in [0.2, 0.25) is 5.91 Å². The molecule has 27 heavy (non-hydrogen) atoms. The molecule has 0 aliphatic carbocycles. The van der Waals surface area contributed by atoms with Gasteiger partial charge in [-0.3, -0.25) is 4.79 Å². The summed E-state index contributed by atoms with van der Waals surface area (Å²) in [6.45, 7) is 8.59. The van der Waals surface area contributed by atoms with Crippen LogP contribution in [-0.2, 0) is 19.1 Å². The van der Waals surface area contributed by atoms with Gasteiger partial charge in [0.1, 0.15) is 11.6 Å². The molecule has 0 saturated carbocycles. The number of imide groups is 1. The summed E-state index contributed by atoms with van der Waals surface area (Å²) in [5.74, 6) is 10.5. The average molecular weight is 375 g/mol. The van der Waals surface area contributed by atoms with Gasteiger partial charge in [0.25, 0.3) is 0 Å². The smallest absolute Gasteiger partial charge is 0.417 e. The summed E-state index contributed by atoms with van der Waals surface area (Å²) in [4.78, 5) is 39.2. The van der Waals surface area contributed by atoms with Gasteiger partial charge in [-0.25, -0.2) is 14.5 Å². The Balaban J connectivity index is 3.27. The Morgan fingerprint density at radius 1 is 1.15 bits per heavy atom. The fourth-order valence-corrected chi connectivity index (χ4v) is 3.19. The molecule has 0 aromatic rings. The van der Waals surface area contributed by atoms with E-state index in [1.807, 2.05) is 0 Å². The number of methoxy groups -OCH3 is 1. The molecule has 1 atom stereocenters. The Morgan fingerprint density at radius 2 is 1.67 bits per heavy atom. The Hall–Kier alpha value is -2.47. The van der Waals surface area contributed by atoms with Gasteiger partial charge >= 0.3 is 12.1 Å². The minimum Gasteiger partial charge on any atom is -0.467 e. The zero-order chi connectivity index (χ0) is 20.7. The molecule has 6 heteroatoms. The van der Waals surface area contributed by atoms with Crippen molar-refractivity contribution >= 4 is 18.0 Å². The molecular formula is C21H29NO5. The van der Waals surface area contributed by atoms with Crippen LogP contribution in [0.25, 0.3) is 0 Å². The third-order valence-corrected chi connectivity index (χ3v) is 4.44. The highest BCUT2D eigenvalue weighted by Crippen LogP contribution is 2.44. The van der Waals surface area contributed by atoms with Crippen LogP contribution in [0.2, 0.25) is 0 Å². The van der Waals surface area contributed by atoms with Crippen molar-refractivity contribution in [3.05, 3.63) is 0 Å². The maximum Gasteiger partial charge on any atom is 0.417 e. The van der Waals surface area contributed by atoms with Gasteiger partial charge in [-0.2, -0.15) is 0 Å². The summed E-state index contributed by atoms with van der Waals surface area (Å²) in [7, 11) is 1.24. The Bertz CT molecular complexity index is 672. The molecule has 0 spiro atoms. The van der Waals surface area contributed by atoms with Crippen molar-refractivity contribution in [3.63, 3.8) is 0 Å². The minimum atomic E-state index is -0.999. The maximum absolute atomic E-state index is 13.3. The molecule has 1 aliphatic heterocycles. The molecule has 0 unspecified atom stereocenters. The van der Waals surface area contributed by atoms with E-state index in [1.165, 1.54) is 7.11 Å². The molecule has 0 aromatic heterocycles. The lowest BCUT2D eigenvalue weighted by molar-refractivity contribution is -0.149. The van der Waals surface area contributed by atoms with Crippen molar-refractivity contribution in [1.82, 2.24) is 4.90 Å². The first kappa shape index (κ1) is 22.6. The lowest BCUT2D eigenvalue weighted by Crippen LogP contribution is -2.47. The predicted octanol–water partition coefficient (Wildman–Crippen LogP) is 3.29. The first-order valence-electron chi connectivity index (χ1n) is 9.05. The largest absolute Gasteiger partial charge is 0.467 e. The van der Waals surface area contributed by atoms with Crippen LogP contribution in [0.3, 0.4) is 0 Å². The SMILES string of the molecule is CC#CCCC1(CCC#CC)C[C@@H](C(=O)OC)N(C(=O)OC(C)(C)C)C1=O. The number of ether oxygens (including phenoxy) is 2. The van der Waals surface area contributed by atoms with E-state index >= 15 is 0 Å². The minimum absolute atomic E-state index is 0.189. The van der Waals surface area contributed by atoms with Gasteiger partial charge in [0.05, 0.1) is 12.5 Å². The number of likely N-dealkylation sites (tertiary alicyclic amines) is 1. The molecule has 1 saturated heterocycles. The molecule has 1 aliphatic rings. The molecule has 0 aromatic carbocycles. The van der Waals surface area contributed by atoms with Crippen LogP contribution >= 0.6 is 0 Å². The quantitative estimate of drug-likeness (QED) is 0.545. The van der Waals surface area contributed by atoms with E-state index in [2.05, 4.69) is 23.7 Å². The standard InChI is InChI=1S/C21H29NO5/c1-7-9-11-13-21(14-12-10-8-2)15-16(17(23)26-6)22(18(21)24)19(25)27-20(3,4)5/h16H,11-15H2,1-6H3/t16-/m0/s1.